The minimum atomic E-state index is -1.17. The summed E-state index contributed by atoms with van der Waals surface area (Å²) in [6.07, 6.45) is 1.66. The van der Waals surface area contributed by atoms with E-state index in [0.29, 0.717) is 23.8 Å². The van der Waals surface area contributed by atoms with Gasteiger partial charge in [0.25, 0.3) is 0 Å². The first-order chi connectivity index (χ1) is 7.66. The van der Waals surface area contributed by atoms with Crippen molar-refractivity contribution in [2.45, 2.75) is 55.7 Å². The second kappa shape index (κ2) is 5.66. The zero-order valence-corrected chi connectivity index (χ0v) is 9.99. The van der Waals surface area contributed by atoms with Crippen molar-refractivity contribution in [1.82, 2.24) is 10.6 Å². The van der Waals surface area contributed by atoms with E-state index < -0.39 is 12.6 Å². The van der Waals surface area contributed by atoms with Gasteiger partial charge in [0.1, 0.15) is 0 Å². The van der Waals surface area contributed by atoms with Gasteiger partial charge in [-0.2, -0.15) is 11.8 Å². The number of hydrogen-bond donors (Lipinski definition) is 5. The fraction of sp³-hybridized carbons (Fsp3) is 1.00. The van der Waals surface area contributed by atoms with E-state index >= 15 is 0 Å². The number of aliphatic hydroxyl groups is 3. The molecule has 0 amide bonds. The van der Waals surface area contributed by atoms with Gasteiger partial charge in [-0.15, -0.1) is 0 Å². The highest BCUT2D eigenvalue weighted by Crippen LogP contribution is 2.33. The highest BCUT2D eigenvalue weighted by molar-refractivity contribution is 8.00. The van der Waals surface area contributed by atoms with Crippen LogP contribution in [0.2, 0.25) is 0 Å². The van der Waals surface area contributed by atoms with E-state index in [1.165, 1.54) is 0 Å². The smallest absolute Gasteiger partial charge is 0.161 e. The van der Waals surface area contributed by atoms with Gasteiger partial charge in [0, 0.05) is 23.1 Å². The number of nitrogens with one attached hydrogen (secondary N) is 2. The van der Waals surface area contributed by atoms with Crippen molar-refractivity contribution < 1.29 is 15.3 Å². The van der Waals surface area contributed by atoms with Gasteiger partial charge in [0.05, 0.1) is 0 Å². The molecule has 4 atom stereocenters. The molecule has 6 heteroatoms. The summed E-state index contributed by atoms with van der Waals surface area (Å²) < 4.78 is 0. The molecular weight excluding hydrogens is 228 g/mol. The van der Waals surface area contributed by atoms with E-state index in [-0.39, 0.29) is 0 Å². The van der Waals surface area contributed by atoms with Crippen molar-refractivity contribution >= 4 is 11.8 Å². The third kappa shape index (κ3) is 3.09. The molecule has 0 unspecified atom stereocenters. The number of hydrogen-bond acceptors (Lipinski definition) is 6. The van der Waals surface area contributed by atoms with Crippen LogP contribution in [0, 0.1) is 0 Å². The molecule has 2 aliphatic rings. The Morgan fingerprint density at radius 1 is 1.25 bits per heavy atom. The van der Waals surface area contributed by atoms with Crippen molar-refractivity contribution in [2.24, 2.45) is 0 Å². The summed E-state index contributed by atoms with van der Waals surface area (Å²) in [5, 5.41) is 33.6. The van der Waals surface area contributed by atoms with Crippen molar-refractivity contribution in [3.63, 3.8) is 0 Å². The minimum absolute atomic E-state index is 0.360. The SMILES string of the molecule is OC(O)CCCC[C@H]1SC[C@H]2N[C@H](O)N[C@H]21. The molecule has 0 aromatic carbocycles. The molecular formula is C10H20N2O3S. The number of fused-ring (bicyclic) bond motifs is 1. The van der Waals surface area contributed by atoms with Crippen LogP contribution in [-0.2, 0) is 0 Å². The van der Waals surface area contributed by atoms with Crippen LogP contribution >= 0.6 is 11.8 Å². The molecule has 0 spiro atoms. The molecule has 0 aliphatic carbocycles. The lowest BCUT2D eigenvalue weighted by Gasteiger charge is -2.17. The standard InChI is InChI=1S/C10H20N2O3S/c13-8(14)4-2-1-3-7-9-6(5-16-7)11-10(15)12-9/h6-15H,1-5H2/t6-,7-,9-,10+/m1/s1. The van der Waals surface area contributed by atoms with Gasteiger partial charge in [-0.1, -0.05) is 6.42 Å². The van der Waals surface area contributed by atoms with Gasteiger partial charge < -0.3 is 15.3 Å². The first-order valence-electron chi connectivity index (χ1n) is 5.85. The molecule has 2 saturated heterocycles. The zero-order valence-electron chi connectivity index (χ0n) is 9.17. The average Bonchev–Trinajstić information content (AvgIpc) is 2.72. The van der Waals surface area contributed by atoms with Gasteiger partial charge in [0.15, 0.2) is 12.6 Å². The van der Waals surface area contributed by atoms with Crippen LogP contribution in [0.25, 0.3) is 0 Å². The van der Waals surface area contributed by atoms with Gasteiger partial charge in [-0.25, -0.2) is 0 Å². The molecule has 2 heterocycles. The third-order valence-corrected chi connectivity index (χ3v) is 4.76. The summed E-state index contributed by atoms with van der Waals surface area (Å²) in [7, 11) is 0. The van der Waals surface area contributed by atoms with Gasteiger partial charge in [0.2, 0.25) is 0 Å². The second-order valence-corrected chi connectivity index (χ2v) is 5.78. The molecule has 0 aromatic heterocycles. The lowest BCUT2D eigenvalue weighted by Crippen LogP contribution is -2.37. The maximum Gasteiger partial charge on any atom is 0.161 e. The van der Waals surface area contributed by atoms with E-state index in [0.717, 1.165) is 25.0 Å². The predicted octanol–water partition coefficient (Wildman–Crippen LogP) is -0.821. The number of thioether (sulfide) groups is 1. The van der Waals surface area contributed by atoms with Crippen molar-refractivity contribution in [2.75, 3.05) is 5.75 Å². The fourth-order valence-corrected chi connectivity index (χ4v) is 4.00. The monoisotopic (exact) mass is 248 g/mol. The van der Waals surface area contributed by atoms with Crippen LogP contribution in [-0.4, -0.2) is 51.0 Å². The predicted molar refractivity (Wildman–Crippen MR) is 62.8 cm³/mol. The Morgan fingerprint density at radius 3 is 2.81 bits per heavy atom. The molecule has 5 nitrogen and oxygen atoms in total. The van der Waals surface area contributed by atoms with Crippen LogP contribution < -0.4 is 10.6 Å². The molecule has 2 rings (SSSR count). The summed E-state index contributed by atoms with van der Waals surface area (Å²) in [6, 6.07) is 0.743. The molecule has 2 fully saturated rings. The lowest BCUT2D eigenvalue weighted by atomic mass is 10.0. The topological polar surface area (TPSA) is 84.8 Å². The Labute approximate surface area is 99.6 Å². The molecule has 16 heavy (non-hydrogen) atoms. The Hall–Kier alpha value is 0.150. The minimum Gasteiger partial charge on any atom is -0.368 e. The van der Waals surface area contributed by atoms with Gasteiger partial charge in [-0.3, -0.25) is 10.6 Å². The van der Waals surface area contributed by atoms with Crippen LogP contribution in [0.4, 0.5) is 0 Å². The number of unbranched alkanes of at least 4 members (excludes halogenated alkanes) is 1. The number of aliphatic hydroxyl groups excluding tert-OH is 2. The fourth-order valence-electron chi connectivity index (χ4n) is 2.44. The van der Waals surface area contributed by atoms with E-state index in [9.17, 15) is 5.11 Å². The first kappa shape index (κ1) is 12.6. The Bertz CT molecular complexity index is 230. The van der Waals surface area contributed by atoms with E-state index in [1.807, 2.05) is 11.8 Å². The summed E-state index contributed by atoms with van der Waals surface area (Å²) in [6.45, 7) is 0. The van der Waals surface area contributed by atoms with E-state index in [2.05, 4.69) is 10.6 Å². The zero-order chi connectivity index (χ0) is 11.5. The lowest BCUT2D eigenvalue weighted by molar-refractivity contribution is -0.0465. The van der Waals surface area contributed by atoms with Crippen LogP contribution in [0.1, 0.15) is 25.7 Å². The van der Waals surface area contributed by atoms with Crippen molar-refractivity contribution in [1.29, 1.82) is 0 Å². The summed E-state index contributed by atoms with van der Waals surface area (Å²) in [4.78, 5) is 0. The largest absolute Gasteiger partial charge is 0.368 e. The normalized spacial score (nSPS) is 38.2. The Balaban J connectivity index is 1.67. The van der Waals surface area contributed by atoms with Crippen LogP contribution in [0.15, 0.2) is 0 Å². The third-order valence-electron chi connectivity index (χ3n) is 3.25. The molecule has 0 saturated carbocycles. The maximum atomic E-state index is 9.40. The first-order valence-corrected chi connectivity index (χ1v) is 6.89. The van der Waals surface area contributed by atoms with E-state index in [4.69, 9.17) is 10.2 Å². The highest BCUT2D eigenvalue weighted by atomic mass is 32.2. The average molecular weight is 248 g/mol. The molecule has 5 N–H and O–H groups in total. The quantitative estimate of drug-likeness (QED) is 0.323. The maximum absolute atomic E-state index is 9.40. The van der Waals surface area contributed by atoms with E-state index in [1.54, 1.807) is 0 Å². The van der Waals surface area contributed by atoms with Gasteiger partial charge >= 0.3 is 0 Å². The van der Waals surface area contributed by atoms with Crippen LogP contribution in [0.5, 0.6) is 0 Å². The number of rotatable bonds is 5. The molecule has 0 radical (unpaired) electrons. The molecule has 94 valence electrons. The van der Waals surface area contributed by atoms with Crippen molar-refractivity contribution in [3.8, 4) is 0 Å². The molecule has 0 bridgehead atoms. The summed E-state index contributed by atoms with van der Waals surface area (Å²) >= 11 is 1.93. The highest BCUT2D eigenvalue weighted by Gasteiger charge is 2.42. The second-order valence-electron chi connectivity index (χ2n) is 4.51. The molecule has 2 aliphatic heterocycles. The van der Waals surface area contributed by atoms with Crippen molar-refractivity contribution in [3.05, 3.63) is 0 Å². The van der Waals surface area contributed by atoms with Crippen LogP contribution in [0.3, 0.4) is 0 Å². The summed E-state index contributed by atoms with van der Waals surface area (Å²) in [5.74, 6) is 1.04. The Kier molecular flexibility index (Phi) is 4.46. The van der Waals surface area contributed by atoms with Gasteiger partial charge in [-0.05, 0) is 19.3 Å². The Morgan fingerprint density at radius 2 is 2.06 bits per heavy atom. The molecule has 0 aromatic rings. The summed E-state index contributed by atoms with van der Waals surface area (Å²) in [5.41, 5.74) is 0.